The number of aliphatic hydroxyl groups excluding tert-OH is 1. The van der Waals surface area contributed by atoms with Gasteiger partial charge in [-0.1, -0.05) is 236 Å². The van der Waals surface area contributed by atoms with Gasteiger partial charge in [-0.25, -0.2) is 4.57 Å². The van der Waals surface area contributed by atoms with Gasteiger partial charge >= 0.3 is 7.82 Å². The number of nitrogens with one attached hydrogen (secondary N) is 1. The Labute approximate surface area is 467 Å². The lowest BCUT2D eigenvalue weighted by molar-refractivity contribution is -0.870. The van der Waals surface area contributed by atoms with Crippen molar-refractivity contribution in [3.8, 4) is 0 Å². The van der Waals surface area contributed by atoms with Crippen molar-refractivity contribution in [3.05, 3.63) is 158 Å². The molecule has 0 aromatic heterocycles. The number of carbonyl (C=O) groups excluding carboxylic acids is 1. The largest absolute Gasteiger partial charge is 0.472 e. The second-order valence-corrected chi connectivity index (χ2v) is 22.1. The lowest BCUT2D eigenvalue weighted by atomic mass is 10.1. The van der Waals surface area contributed by atoms with E-state index in [-0.39, 0.29) is 19.1 Å². The number of hydrogen-bond acceptors (Lipinski definition) is 5. The number of nitrogens with zero attached hydrogens (tertiary/aromatic N) is 1. The number of allylic oxidation sites excluding steroid dienone is 25. The van der Waals surface area contributed by atoms with Gasteiger partial charge in [0.15, 0.2) is 0 Å². The van der Waals surface area contributed by atoms with E-state index < -0.39 is 20.0 Å². The summed E-state index contributed by atoms with van der Waals surface area (Å²) in [5, 5.41) is 13.9. The highest BCUT2D eigenvalue weighted by atomic mass is 31.2. The summed E-state index contributed by atoms with van der Waals surface area (Å²) in [4.78, 5) is 23.3. The number of quaternary nitrogens is 1. The third kappa shape index (κ3) is 57.8. The molecule has 0 aliphatic carbocycles. The Hall–Kier alpha value is -3.88. The summed E-state index contributed by atoms with van der Waals surface area (Å²) < 4.78 is 23.7. The molecule has 0 radical (unpaired) electrons. The number of phosphoric acid groups is 1. The summed E-state index contributed by atoms with van der Waals surface area (Å²) in [6.07, 6.45) is 87.8. The summed E-state index contributed by atoms with van der Waals surface area (Å²) in [7, 11) is 1.51. The number of phosphoric ester groups is 1. The van der Waals surface area contributed by atoms with Gasteiger partial charge in [0.2, 0.25) is 5.91 Å². The van der Waals surface area contributed by atoms with Crippen LogP contribution in [0, 0.1) is 0 Å². The summed E-state index contributed by atoms with van der Waals surface area (Å²) >= 11 is 0. The van der Waals surface area contributed by atoms with Crippen LogP contribution in [0.15, 0.2) is 158 Å². The fraction of sp³-hybridized carbons (Fsp3) is 0.597. The molecule has 430 valence electrons. The first-order chi connectivity index (χ1) is 37.0. The standard InChI is InChI=1S/C67H111N2O6P/c1-6-8-10-12-14-16-18-20-22-24-25-26-27-28-29-30-31-32-33-34-35-36-37-38-39-40-41-42-43-45-47-49-51-53-55-57-59-61-67(71)68-65(64-75-76(72,73)74-63-62-69(3,4)5)66(70)60-58-56-54-52-50-48-46-44-23-21-19-17-15-13-11-9-7-2/h8,10,14,16,20,22-23,25-26,28-29,31-32,34-35,37-38,40-41,43-45,50,52,58,60,65-66,70H,6-7,9,11-13,15,17-19,21,24,27,30,33,36,39,42,46-49,51,53-57,59,61-64H2,1-5H3,(H-,68,71,72,73)/p+1/b10-8-,16-14-,22-20-,26-25-,29-28-,32-31-,35-34-,38-37-,41-40-,44-23+,45-43-,52-50+,60-58+. The molecular formula is C67H112N2O6P+. The Bertz CT molecular complexity index is 1790. The fourth-order valence-electron chi connectivity index (χ4n) is 7.57. The minimum absolute atomic E-state index is 0.0416. The van der Waals surface area contributed by atoms with Gasteiger partial charge in [-0.05, 0) is 122 Å². The third-order valence-electron chi connectivity index (χ3n) is 12.2. The van der Waals surface area contributed by atoms with E-state index in [0.29, 0.717) is 17.4 Å². The molecule has 0 bridgehead atoms. The molecule has 0 saturated heterocycles. The molecule has 0 aliphatic rings. The molecule has 3 atom stereocenters. The molecule has 3 N–H and O–H groups in total. The monoisotopic (exact) mass is 1070 g/mol. The Balaban J connectivity index is 4.27. The van der Waals surface area contributed by atoms with Crippen molar-refractivity contribution in [3.63, 3.8) is 0 Å². The van der Waals surface area contributed by atoms with Gasteiger partial charge in [-0.15, -0.1) is 0 Å². The first-order valence-corrected chi connectivity index (χ1v) is 31.4. The van der Waals surface area contributed by atoms with Crippen molar-refractivity contribution in [1.82, 2.24) is 5.32 Å². The number of rotatable bonds is 52. The minimum Gasteiger partial charge on any atom is -0.387 e. The second kappa shape index (κ2) is 55.9. The number of amides is 1. The molecule has 0 aliphatic heterocycles. The predicted molar refractivity (Wildman–Crippen MR) is 331 cm³/mol. The maximum absolute atomic E-state index is 13.0. The maximum Gasteiger partial charge on any atom is 0.472 e. The van der Waals surface area contributed by atoms with Crippen molar-refractivity contribution in [2.75, 3.05) is 40.9 Å². The van der Waals surface area contributed by atoms with Crippen LogP contribution in [0.25, 0.3) is 0 Å². The maximum atomic E-state index is 13.0. The van der Waals surface area contributed by atoms with E-state index in [9.17, 15) is 19.4 Å². The predicted octanol–water partition coefficient (Wildman–Crippen LogP) is 18.6. The van der Waals surface area contributed by atoms with Crippen LogP contribution in [-0.4, -0.2) is 73.4 Å². The molecule has 0 saturated carbocycles. The van der Waals surface area contributed by atoms with Crippen LogP contribution in [0.4, 0.5) is 0 Å². The van der Waals surface area contributed by atoms with E-state index in [0.717, 1.165) is 135 Å². The zero-order valence-corrected chi connectivity index (χ0v) is 49.8. The third-order valence-corrected chi connectivity index (χ3v) is 13.2. The van der Waals surface area contributed by atoms with Crippen molar-refractivity contribution in [1.29, 1.82) is 0 Å². The first kappa shape index (κ1) is 72.1. The van der Waals surface area contributed by atoms with Crippen LogP contribution in [-0.2, 0) is 18.4 Å². The molecular weight excluding hydrogens is 960 g/mol. The Morgan fingerprint density at radius 3 is 1.21 bits per heavy atom. The topological polar surface area (TPSA) is 105 Å². The molecule has 1 amide bonds. The molecule has 0 aromatic carbocycles. The van der Waals surface area contributed by atoms with Crippen LogP contribution >= 0.6 is 7.82 Å². The zero-order chi connectivity index (χ0) is 55.6. The minimum atomic E-state index is -4.37. The molecule has 9 heteroatoms. The van der Waals surface area contributed by atoms with E-state index in [1.807, 2.05) is 27.2 Å². The van der Waals surface area contributed by atoms with Gasteiger partial charge in [0.25, 0.3) is 0 Å². The van der Waals surface area contributed by atoms with Crippen LogP contribution in [0.5, 0.6) is 0 Å². The summed E-state index contributed by atoms with van der Waals surface area (Å²) in [5.74, 6) is -0.213. The number of aliphatic hydroxyl groups is 1. The van der Waals surface area contributed by atoms with Gasteiger partial charge in [0.1, 0.15) is 13.2 Å². The van der Waals surface area contributed by atoms with Crippen LogP contribution in [0.3, 0.4) is 0 Å². The van der Waals surface area contributed by atoms with E-state index in [4.69, 9.17) is 9.05 Å². The fourth-order valence-corrected chi connectivity index (χ4v) is 8.31. The molecule has 0 rings (SSSR count). The molecule has 8 nitrogen and oxygen atoms in total. The van der Waals surface area contributed by atoms with Gasteiger partial charge in [0.05, 0.1) is 39.9 Å². The van der Waals surface area contributed by atoms with E-state index in [1.165, 1.54) is 51.4 Å². The van der Waals surface area contributed by atoms with Crippen molar-refractivity contribution in [2.45, 2.75) is 219 Å². The number of carbonyl (C=O) groups is 1. The van der Waals surface area contributed by atoms with Gasteiger partial charge in [-0.3, -0.25) is 13.8 Å². The second-order valence-electron chi connectivity index (χ2n) is 20.6. The SMILES string of the molecule is CC/C=C\C/C=C\C/C=C\C/C=C\C/C=C\C/C=C\C/C=C\C/C=C\C/C=C\C/C=C\CCCCCCCCC(=O)NC(COP(=O)(O)OCC[N+](C)(C)C)C(O)/C=C/CC/C=C/CC/C=C/CCCCCCCCC. The van der Waals surface area contributed by atoms with Gasteiger partial charge in [-0.2, -0.15) is 0 Å². The Kier molecular flexibility index (Phi) is 53.0. The number of hydrogen-bond donors (Lipinski definition) is 3. The molecule has 3 unspecified atom stereocenters. The molecule has 0 heterocycles. The van der Waals surface area contributed by atoms with E-state index in [1.54, 1.807) is 6.08 Å². The highest BCUT2D eigenvalue weighted by Gasteiger charge is 2.27. The Morgan fingerprint density at radius 2 is 0.803 bits per heavy atom. The molecule has 76 heavy (non-hydrogen) atoms. The zero-order valence-electron chi connectivity index (χ0n) is 48.9. The quantitative estimate of drug-likeness (QED) is 0.0243. The average Bonchev–Trinajstić information content (AvgIpc) is 3.38. The summed E-state index contributed by atoms with van der Waals surface area (Å²) in [6.45, 7) is 4.63. The van der Waals surface area contributed by atoms with Gasteiger partial charge < -0.3 is 19.8 Å². The summed E-state index contributed by atoms with van der Waals surface area (Å²) in [5.41, 5.74) is 0. The van der Waals surface area contributed by atoms with E-state index in [2.05, 4.69) is 165 Å². The van der Waals surface area contributed by atoms with Crippen molar-refractivity contribution < 1.29 is 32.9 Å². The molecule has 0 spiro atoms. The average molecular weight is 1070 g/mol. The number of unbranched alkanes of at least 4 members (excludes halogenated alkanes) is 15. The van der Waals surface area contributed by atoms with Crippen LogP contribution in [0.2, 0.25) is 0 Å². The van der Waals surface area contributed by atoms with Crippen LogP contribution in [0.1, 0.15) is 206 Å². The summed E-state index contributed by atoms with van der Waals surface area (Å²) in [6, 6.07) is -0.890. The van der Waals surface area contributed by atoms with Gasteiger partial charge in [0, 0.05) is 6.42 Å². The molecule has 0 aromatic rings. The van der Waals surface area contributed by atoms with Crippen LogP contribution < -0.4 is 5.32 Å². The normalized spacial score (nSPS) is 15.0. The molecule has 0 fully saturated rings. The first-order valence-electron chi connectivity index (χ1n) is 29.9. The highest BCUT2D eigenvalue weighted by molar-refractivity contribution is 7.47. The van der Waals surface area contributed by atoms with E-state index >= 15 is 0 Å². The lowest BCUT2D eigenvalue weighted by Gasteiger charge is -2.25. The Morgan fingerprint density at radius 1 is 0.461 bits per heavy atom. The number of likely N-dealkylation sites (N-methyl/N-ethyl adjacent to an activating group) is 1. The van der Waals surface area contributed by atoms with Crippen molar-refractivity contribution in [2.24, 2.45) is 0 Å². The van der Waals surface area contributed by atoms with Crippen molar-refractivity contribution >= 4 is 13.7 Å². The smallest absolute Gasteiger partial charge is 0.387 e. The highest BCUT2D eigenvalue weighted by Crippen LogP contribution is 2.43. The lowest BCUT2D eigenvalue weighted by Crippen LogP contribution is -2.45.